The number of nitrogens with zero attached hydrogens (tertiary/aromatic N) is 1. The molecule has 2 aromatic carbocycles. The van der Waals surface area contributed by atoms with E-state index >= 15 is 0 Å². The van der Waals surface area contributed by atoms with Gasteiger partial charge in [-0.3, -0.25) is 4.79 Å². The van der Waals surface area contributed by atoms with Gasteiger partial charge in [-0.1, -0.05) is 47.1 Å². The first-order valence-corrected chi connectivity index (χ1v) is 7.26. The highest BCUT2D eigenvalue weighted by Crippen LogP contribution is 2.17. The van der Waals surface area contributed by atoms with Gasteiger partial charge in [0, 0.05) is 12.6 Å². The molecular formula is C18H20N2O3. The van der Waals surface area contributed by atoms with E-state index in [4.69, 9.17) is 9.57 Å². The number of amides is 1. The molecule has 0 atom stereocenters. The summed E-state index contributed by atoms with van der Waals surface area (Å²) < 4.78 is 5.80. The Kier molecular flexibility index (Phi) is 5.74. The molecule has 0 saturated heterocycles. The van der Waals surface area contributed by atoms with Gasteiger partial charge in [0.1, 0.15) is 19.5 Å². The molecule has 0 heterocycles. The van der Waals surface area contributed by atoms with E-state index < -0.39 is 0 Å². The number of ether oxygens (including phenoxy) is 1. The summed E-state index contributed by atoms with van der Waals surface area (Å²) in [5.41, 5.74) is 2.86. The Morgan fingerprint density at radius 2 is 1.91 bits per heavy atom. The molecule has 5 heteroatoms. The SMILES string of the molecule is CNC(=O)/C(=N\OC)c1ccc(C)cc1COc1ccccc1. The predicted octanol–water partition coefficient (Wildman–Crippen LogP) is 2.67. The van der Waals surface area contributed by atoms with Gasteiger partial charge in [-0.15, -0.1) is 0 Å². The highest BCUT2D eigenvalue weighted by molar-refractivity contribution is 6.45. The van der Waals surface area contributed by atoms with E-state index in [1.165, 1.54) is 7.11 Å². The summed E-state index contributed by atoms with van der Waals surface area (Å²) in [6, 6.07) is 15.3. The fourth-order valence-corrected chi connectivity index (χ4v) is 2.17. The zero-order valence-corrected chi connectivity index (χ0v) is 13.5. The molecule has 5 nitrogen and oxygen atoms in total. The number of hydrogen-bond donors (Lipinski definition) is 1. The van der Waals surface area contributed by atoms with E-state index in [1.807, 2.05) is 55.5 Å². The van der Waals surface area contributed by atoms with Crippen LogP contribution in [-0.4, -0.2) is 25.8 Å². The largest absolute Gasteiger partial charge is 0.489 e. The average Bonchev–Trinajstić information content (AvgIpc) is 2.58. The van der Waals surface area contributed by atoms with Crippen molar-refractivity contribution >= 4 is 11.6 Å². The Morgan fingerprint density at radius 3 is 2.57 bits per heavy atom. The third kappa shape index (κ3) is 4.32. The van der Waals surface area contributed by atoms with Crippen LogP contribution in [0.4, 0.5) is 0 Å². The van der Waals surface area contributed by atoms with Gasteiger partial charge in [-0.2, -0.15) is 0 Å². The van der Waals surface area contributed by atoms with E-state index in [-0.39, 0.29) is 11.6 Å². The van der Waals surface area contributed by atoms with E-state index in [9.17, 15) is 4.79 Å². The lowest BCUT2D eigenvalue weighted by molar-refractivity contribution is -0.114. The number of aryl methyl sites for hydroxylation is 1. The predicted molar refractivity (Wildman–Crippen MR) is 89.6 cm³/mol. The highest BCUT2D eigenvalue weighted by atomic mass is 16.6. The summed E-state index contributed by atoms with van der Waals surface area (Å²) in [5.74, 6) is 0.460. The van der Waals surface area contributed by atoms with Crippen LogP contribution >= 0.6 is 0 Å². The van der Waals surface area contributed by atoms with Crippen molar-refractivity contribution in [3.05, 3.63) is 65.2 Å². The van der Waals surface area contributed by atoms with E-state index in [0.717, 1.165) is 16.9 Å². The second-order valence-corrected chi connectivity index (χ2v) is 4.96. The number of carbonyl (C=O) groups is 1. The summed E-state index contributed by atoms with van der Waals surface area (Å²) in [4.78, 5) is 16.9. The first kappa shape index (κ1) is 16.5. The van der Waals surface area contributed by atoms with Crippen molar-refractivity contribution in [1.82, 2.24) is 5.32 Å². The van der Waals surface area contributed by atoms with Gasteiger partial charge >= 0.3 is 0 Å². The monoisotopic (exact) mass is 312 g/mol. The number of benzene rings is 2. The molecule has 0 spiro atoms. The zero-order valence-electron chi connectivity index (χ0n) is 13.5. The van der Waals surface area contributed by atoms with Gasteiger partial charge in [0.2, 0.25) is 0 Å². The molecule has 1 amide bonds. The molecule has 0 aliphatic carbocycles. The smallest absolute Gasteiger partial charge is 0.273 e. The number of oxime groups is 1. The maximum Gasteiger partial charge on any atom is 0.273 e. The molecule has 0 unspecified atom stereocenters. The van der Waals surface area contributed by atoms with Gasteiger partial charge in [0.15, 0.2) is 5.71 Å². The lowest BCUT2D eigenvalue weighted by Gasteiger charge is -2.13. The molecular weight excluding hydrogens is 292 g/mol. The molecule has 0 aromatic heterocycles. The lowest BCUT2D eigenvalue weighted by Crippen LogP contribution is -2.29. The van der Waals surface area contributed by atoms with Crippen molar-refractivity contribution in [3.63, 3.8) is 0 Å². The molecule has 2 rings (SSSR count). The number of likely N-dealkylation sites (N-methyl/N-ethyl adjacent to an activating group) is 1. The fourth-order valence-electron chi connectivity index (χ4n) is 2.17. The first-order chi connectivity index (χ1) is 11.2. The Labute approximate surface area is 135 Å². The van der Waals surface area contributed by atoms with Gasteiger partial charge in [0.25, 0.3) is 5.91 Å². The molecule has 0 radical (unpaired) electrons. The lowest BCUT2D eigenvalue weighted by atomic mass is 10.0. The fraction of sp³-hybridized carbons (Fsp3) is 0.222. The molecule has 0 aliphatic rings. The van der Waals surface area contributed by atoms with E-state index in [1.54, 1.807) is 7.05 Å². The van der Waals surface area contributed by atoms with Crippen molar-refractivity contribution in [2.24, 2.45) is 5.16 Å². The average molecular weight is 312 g/mol. The molecule has 120 valence electrons. The topological polar surface area (TPSA) is 59.9 Å². The number of rotatable bonds is 6. The quantitative estimate of drug-likeness (QED) is 0.659. The Balaban J connectivity index is 2.33. The Bertz CT molecular complexity index is 697. The molecule has 2 aromatic rings. The van der Waals surface area contributed by atoms with Gasteiger partial charge < -0.3 is 14.9 Å². The van der Waals surface area contributed by atoms with Gasteiger partial charge in [-0.05, 0) is 24.6 Å². The van der Waals surface area contributed by atoms with Crippen LogP contribution in [0.3, 0.4) is 0 Å². The number of para-hydroxylation sites is 1. The van der Waals surface area contributed by atoms with Crippen LogP contribution in [0.2, 0.25) is 0 Å². The van der Waals surface area contributed by atoms with Crippen molar-refractivity contribution < 1.29 is 14.4 Å². The first-order valence-electron chi connectivity index (χ1n) is 7.26. The second kappa shape index (κ2) is 7.98. The maximum absolute atomic E-state index is 12.1. The summed E-state index contributed by atoms with van der Waals surface area (Å²) in [7, 11) is 2.97. The van der Waals surface area contributed by atoms with E-state index in [2.05, 4.69) is 10.5 Å². The van der Waals surface area contributed by atoms with Crippen molar-refractivity contribution in [1.29, 1.82) is 0 Å². The highest BCUT2D eigenvalue weighted by Gasteiger charge is 2.18. The molecule has 0 saturated carbocycles. The zero-order chi connectivity index (χ0) is 16.7. The van der Waals surface area contributed by atoms with Crippen molar-refractivity contribution in [2.75, 3.05) is 14.2 Å². The number of carbonyl (C=O) groups excluding carboxylic acids is 1. The molecule has 23 heavy (non-hydrogen) atoms. The standard InChI is InChI=1S/C18H20N2O3/c1-13-9-10-16(17(20-22-3)18(21)19-2)14(11-13)12-23-15-7-5-4-6-8-15/h4-11H,12H2,1-3H3,(H,19,21)/b20-17-. The third-order valence-corrected chi connectivity index (χ3v) is 3.28. The summed E-state index contributed by atoms with van der Waals surface area (Å²) in [6.45, 7) is 2.32. The third-order valence-electron chi connectivity index (χ3n) is 3.28. The number of hydrogen-bond acceptors (Lipinski definition) is 4. The Morgan fingerprint density at radius 1 is 1.17 bits per heavy atom. The van der Waals surface area contributed by atoms with Crippen LogP contribution in [-0.2, 0) is 16.2 Å². The van der Waals surface area contributed by atoms with Crippen LogP contribution in [0.15, 0.2) is 53.7 Å². The van der Waals surface area contributed by atoms with Gasteiger partial charge in [0.05, 0.1) is 0 Å². The molecule has 0 aliphatic heterocycles. The van der Waals surface area contributed by atoms with Crippen LogP contribution in [0.5, 0.6) is 5.75 Å². The normalized spacial score (nSPS) is 11.0. The minimum atomic E-state index is -0.309. The van der Waals surface area contributed by atoms with Crippen LogP contribution < -0.4 is 10.1 Å². The van der Waals surface area contributed by atoms with Crippen molar-refractivity contribution in [3.8, 4) is 5.75 Å². The van der Waals surface area contributed by atoms with Crippen LogP contribution in [0.1, 0.15) is 16.7 Å². The molecule has 0 bridgehead atoms. The Hall–Kier alpha value is -2.82. The summed E-state index contributed by atoms with van der Waals surface area (Å²) in [6.07, 6.45) is 0. The molecule has 1 N–H and O–H groups in total. The summed E-state index contributed by atoms with van der Waals surface area (Å²) >= 11 is 0. The van der Waals surface area contributed by atoms with Gasteiger partial charge in [-0.25, -0.2) is 0 Å². The van der Waals surface area contributed by atoms with Crippen LogP contribution in [0.25, 0.3) is 0 Å². The number of nitrogens with one attached hydrogen (secondary N) is 1. The maximum atomic E-state index is 12.1. The molecule has 0 fully saturated rings. The summed E-state index contributed by atoms with van der Waals surface area (Å²) in [5, 5.41) is 6.43. The van der Waals surface area contributed by atoms with E-state index in [0.29, 0.717) is 12.2 Å². The van der Waals surface area contributed by atoms with Crippen molar-refractivity contribution in [2.45, 2.75) is 13.5 Å². The van der Waals surface area contributed by atoms with Crippen LogP contribution in [0, 0.1) is 6.92 Å². The minimum Gasteiger partial charge on any atom is -0.489 e. The second-order valence-electron chi connectivity index (χ2n) is 4.96. The minimum absolute atomic E-state index is 0.224.